The van der Waals surface area contributed by atoms with Crippen molar-refractivity contribution in [1.29, 1.82) is 0 Å². The molecule has 102 valence electrons. The molecule has 3 atom stereocenters. The highest BCUT2D eigenvalue weighted by Crippen LogP contribution is 2.25. The molecule has 17 heavy (non-hydrogen) atoms. The first-order chi connectivity index (χ1) is 8.00. The van der Waals surface area contributed by atoms with Crippen molar-refractivity contribution in [2.75, 3.05) is 19.6 Å². The standard InChI is InChI=1S/C15H32N2/c1-12(2)10-16-8-6-7-14(4)17-11-13(3)9-15(17)5/h12-16H,6-11H2,1-5H3. The highest BCUT2D eigenvalue weighted by Gasteiger charge is 2.28. The normalized spacial score (nSPS) is 27.9. The first kappa shape index (κ1) is 15.0. The average Bonchev–Trinajstić information content (AvgIpc) is 2.56. The Balaban J connectivity index is 2.10. The van der Waals surface area contributed by atoms with E-state index in [1.807, 2.05) is 0 Å². The molecular weight excluding hydrogens is 208 g/mol. The molecule has 0 amide bonds. The first-order valence-electron chi connectivity index (χ1n) is 7.47. The Bertz CT molecular complexity index is 203. The molecule has 0 aromatic carbocycles. The fraction of sp³-hybridized carbons (Fsp3) is 1.00. The van der Waals surface area contributed by atoms with Gasteiger partial charge in [0.2, 0.25) is 0 Å². The second-order valence-electron chi connectivity index (χ2n) is 6.48. The Morgan fingerprint density at radius 1 is 1.24 bits per heavy atom. The summed E-state index contributed by atoms with van der Waals surface area (Å²) in [4.78, 5) is 2.70. The summed E-state index contributed by atoms with van der Waals surface area (Å²) in [5.74, 6) is 1.67. The first-order valence-corrected chi connectivity index (χ1v) is 7.47. The molecule has 0 saturated carbocycles. The molecule has 1 saturated heterocycles. The summed E-state index contributed by atoms with van der Waals surface area (Å²) in [6, 6.07) is 1.56. The van der Waals surface area contributed by atoms with Gasteiger partial charge in [0.25, 0.3) is 0 Å². The third kappa shape index (κ3) is 5.39. The molecule has 0 spiro atoms. The van der Waals surface area contributed by atoms with E-state index >= 15 is 0 Å². The van der Waals surface area contributed by atoms with Crippen LogP contribution >= 0.6 is 0 Å². The summed E-state index contributed by atoms with van der Waals surface area (Å²) in [7, 11) is 0. The number of hydrogen-bond acceptors (Lipinski definition) is 2. The van der Waals surface area contributed by atoms with E-state index in [2.05, 4.69) is 44.8 Å². The lowest BCUT2D eigenvalue weighted by Gasteiger charge is -2.28. The second kappa shape index (κ2) is 7.38. The van der Waals surface area contributed by atoms with Crippen molar-refractivity contribution in [3.05, 3.63) is 0 Å². The fourth-order valence-corrected chi connectivity index (χ4v) is 3.03. The van der Waals surface area contributed by atoms with Crippen molar-refractivity contribution in [3.8, 4) is 0 Å². The maximum Gasteiger partial charge on any atom is 0.00728 e. The molecule has 1 aliphatic heterocycles. The van der Waals surface area contributed by atoms with Crippen LogP contribution in [0, 0.1) is 11.8 Å². The zero-order valence-electron chi connectivity index (χ0n) is 12.5. The van der Waals surface area contributed by atoms with E-state index in [9.17, 15) is 0 Å². The maximum absolute atomic E-state index is 3.53. The molecule has 1 fully saturated rings. The SMILES string of the molecule is CC(C)CNCCCC(C)N1CC(C)CC1C. The minimum absolute atomic E-state index is 0.760. The van der Waals surface area contributed by atoms with Crippen LogP contribution in [0.5, 0.6) is 0 Å². The van der Waals surface area contributed by atoms with Gasteiger partial charge in [0, 0.05) is 18.6 Å². The maximum atomic E-state index is 3.53. The third-order valence-corrected chi connectivity index (χ3v) is 3.93. The topological polar surface area (TPSA) is 15.3 Å². The van der Waals surface area contributed by atoms with Crippen LogP contribution in [-0.2, 0) is 0 Å². The molecule has 0 aromatic heterocycles. The molecule has 1 N–H and O–H groups in total. The van der Waals surface area contributed by atoms with Crippen molar-refractivity contribution >= 4 is 0 Å². The summed E-state index contributed by atoms with van der Waals surface area (Å²) in [5, 5.41) is 3.53. The van der Waals surface area contributed by atoms with Gasteiger partial charge < -0.3 is 5.32 Å². The number of hydrogen-bond donors (Lipinski definition) is 1. The highest BCUT2D eigenvalue weighted by molar-refractivity contribution is 4.83. The zero-order valence-corrected chi connectivity index (χ0v) is 12.5. The van der Waals surface area contributed by atoms with Gasteiger partial charge in [-0.25, -0.2) is 0 Å². The van der Waals surface area contributed by atoms with Crippen LogP contribution in [0.3, 0.4) is 0 Å². The zero-order chi connectivity index (χ0) is 12.8. The van der Waals surface area contributed by atoms with Crippen LogP contribution in [0.2, 0.25) is 0 Å². The van der Waals surface area contributed by atoms with E-state index in [0.29, 0.717) is 0 Å². The third-order valence-electron chi connectivity index (χ3n) is 3.93. The fourth-order valence-electron chi connectivity index (χ4n) is 3.03. The van der Waals surface area contributed by atoms with E-state index < -0.39 is 0 Å². The number of nitrogens with zero attached hydrogens (tertiary/aromatic N) is 1. The summed E-state index contributed by atoms with van der Waals surface area (Å²) in [6.45, 7) is 15.3. The smallest absolute Gasteiger partial charge is 0.00728 e. The molecule has 3 unspecified atom stereocenters. The summed E-state index contributed by atoms with van der Waals surface area (Å²) in [6.07, 6.45) is 4.03. The number of likely N-dealkylation sites (tertiary alicyclic amines) is 1. The molecule has 0 radical (unpaired) electrons. The van der Waals surface area contributed by atoms with Crippen LogP contribution in [-0.4, -0.2) is 36.6 Å². The van der Waals surface area contributed by atoms with Crippen LogP contribution in [0.25, 0.3) is 0 Å². The van der Waals surface area contributed by atoms with Crippen molar-refractivity contribution in [3.63, 3.8) is 0 Å². The van der Waals surface area contributed by atoms with Crippen molar-refractivity contribution < 1.29 is 0 Å². The van der Waals surface area contributed by atoms with Crippen LogP contribution < -0.4 is 5.32 Å². The number of nitrogens with one attached hydrogen (secondary N) is 1. The van der Waals surface area contributed by atoms with Gasteiger partial charge in [-0.1, -0.05) is 20.8 Å². The van der Waals surface area contributed by atoms with Gasteiger partial charge >= 0.3 is 0 Å². The van der Waals surface area contributed by atoms with E-state index in [4.69, 9.17) is 0 Å². The molecule has 2 nitrogen and oxygen atoms in total. The van der Waals surface area contributed by atoms with Crippen LogP contribution in [0.15, 0.2) is 0 Å². The van der Waals surface area contributed by atoms with Gasteiger partial charge in [0.15, 0.2) is 0 Å². The molecular formula is C15H32N2. The lowest BCUT2D eigenvalue weighted by molar-refractivity contribution is 0.188. The minimum atomic E-state index is 0.760. The largest absolute Gasteiger partial charge is 0.316 e. The second-order valence-corrected chi connectivity index (χ2v) is 6.48. The van der Waals surface area contributed by atoms with E-state index in [1.165, 1.54) is 32.4 Å². The van der Waals surface area contributed by atoms with Gasteiger partial charge in [-0.15, -0.1) is 0 Å². The van der Waals surface area contributed by atoms with Crippen LogP contribution in [0.1, 0.15) is 53.9 Å². The Morgan fingerprint density at radius 2 is 1.94 bits per heavy atom. The van der Waals surface area contributed by atoms with Crippen molar-refractivity contribution in [1.82, 2.24) is 10.2 Å². The summed E-state index contributed by atoms with van der Waals surface area (Å²) < 4.78 is 0. The van der Waals surface area contributed by atoms with Gasteiger partial charge in [0.05, 0.1) is 0 Å². The molecule has 0 aromatic rings. The Hall–Kier alpha value is -0.0800. The molecule has 0 aliphatic carbocycles. The van der Waals surface area contributed by atoms with Crippen LogP contribution in [0.4, 0.5) is 0 Å². The molecule has 1 rings (SSSR count). The Labute approximate surface area is 108 Å². The lowest BCUT2D eigenvalue weighted by atomic mass is 10.1. The molecule has 2 heteroatoms. The molecule has 1 aliphatic rings. The predicted molar refractivity (Wildman–Crippen MR) is 76.4 cm³/mol. The molecule has 1 heterocycles. The van der Waals surface area contributed by atoms with Gasteiger partial charge in [-0.2, -0.15) is 0 Å². The average molecular weight is 240 g/mol. The van der Waals surface area contributed by atoms with Gasteiger partial charge in [0.1, 0.15) is 0 Å². The van der Waals surface area contributed by atoms with Crippen molar-refractivity contribution in [2.45, 2.75) is 66.0 Å². The van der Waals surface area contributed by atoms with E-state index in [0.717, 1.165) is 30.5 Å². The van der Waals surface area contributed by atoms with E-state index in [-0.39, 0.29) is 0 Å². The monoisotopic (exact) mass is 240 g/mol. The van der Waals surface area contributed by atoms with Gasteiger partial charge in [-0.05, 0) is 58.0 Å². The lowest BCUT2D eigenvalue weighted by Crippen LogP contribution is -2.36. The van der Waals surface area contributed by atoms with Gasteiger partial charge in [-0.3, -0.25) is 4.90 Å². The minimum Gasteiger partial charge on any atom is -0.316 e. The molecule has 0 bridgehead atoms. The highest BCUT2D eigenvalue weighted by atomic mass is 15.2. The van der Waals surface area contributed by atoms with Crippen molar-refractivity contribution in [2.24, 2.45) is 11.8 Å². The van der Waals surface area contributed by atoms with E-state index in [1.54, 1.807) is 0 Å². The summed E-state index contributed by atoms with van der Waals surface area (Å²) >= 11 is 0. The number of rotatable bonds is 7. The predicted octanol–water partition coefficient (Wildman–Crippen LogP) is 3.13. The Morgan fingerprint density at radius 3 is 2.47 bits per heavy atom. The quantitative estimate of drug-likeness (QED) is 0.688. The Kier molecular flexibility index (Phi) is 6.50. The summed E-state index contributed by atoms with van der Waals surface area (Å²) in [5.41, 5.74) is 0.